The van der Waals surface area contributed by atoms with Crippen molar-refractivity contribution in [1.82, 2.24) is 9.78 Å². The molecule has 0 aliphatic rings. The lowest BCUT2D eigenvalue weighted by Gasteiger charge is -1.92. The summed E-state index contributed by atoms with van der Waals surface area (Å²) in [6.07, 6.45) is 2.22. The number of nitrogens with zero attached hydrogens (tertiary/aromatic N) is 3. The molecule has 0 amide bonds. The fourth-order valence-electron chi connectivity index (χ4n) is 0.626. The van der Waals surface area contributed by atoms with Gasteiger partial charge in [0, 0.05) is 6.20 Å². The van der Waals surface area contributed by atoms with Crippen LogP contribution in [-0.2, 0) is 6.54 Å². The fraction of sp³-hybridized carbons (Fsp3) is 0.333. The molecule has 0 saturated carbocycles. The molecule has 0 spiro atoms. The number of aryl methyl sites for hydroxylation is 1. The highest BCUT2D eigenvalue weighted by Crippen LogP contribution is 2.02. The van der Waals surface area contributed by atoms with E-state index in [1.807, 2.05) is 6.07 Å². The summed E-state index contributed by atoms with van der Waals surface area (Å²) in [6.45, 7) is 0.614. The monoisotopic (exact) mass is 155 g/mol. The number of rotatable bonds is 2. The molecule has 1 rings (SSSR count). The first-order chi connectivity index (χ1) is 4.83. The van der Waals surface area contributed by atoms with Crippen LogP contribution in [0.1, 0.15) is 6.42 Å². The molecule has 52 valence electrons. The van der Waals surface area contributed by atoms with Gasteiger partial charge in [0.25, 0.3) is 0 Å². The van der Waals surface area contributed by atoms with Crippen molar-refractivity contribution in [3.05, 3.63) is 17.4 Å². The van der Waals surface area contributed by atoms with Crippen molar-refractivity contribution in [3.63, 3.8) is 0 Å². The van der Waals surface area contributed by atoms with Crippen molar-refractivity contribution in [1.29, 1.82) is 5.26 Å². The Kier molecular flexibility index (Phi) is 2.30. The lowest BCUT2D eigenvalue weighted by molar-refractivity contribution is 0.628. The summed E-state index contributed by atoms with van der Waals surface area (Å²) in [6, 6.07) is 3.71. The molecule has 0 aliphatic carbocycles. The van der Waals surface area contributed by atoms with Crippen LogP contribution in [0.15, 0.2) is 12.3 Å². The molecule has 1 aromatic heterocycles. The van der Waals surface area contributed by atoms with Gasteiger partial charge >= 0.3 is 0 Å². The molecule has 0 saturated heterocycles. The molecular weight excluding hydrogens is 150 g/mol. The Morgan fingerprint density at radius 2 is 2.60 bits per heavy atom. The average molecular weight is 156 g/mol. The maximum absolute atomic E-state index is 8.21. The van der Waals surface area contributed by atoms with Crippen LogP contribution in [0.2, 0.25) is 5.15 Å². The zero-order chi connectivity index (χ0) is 7.40. The van der Waals surface area contributed by atoms with Gasteiger partial charge in [-0.2, -0.15) is 10.4 Å². The summed E-state index contributed by atoms with van der Waals surface area (Å²) in [5, 5.41) is 12.6. The molecule has 10 heavy (non-hydrogen) atoms. The van der Waals surface area contributed by atoms with Gasteiger partial charge in [-0.3, -0.25) is 4.68 Å². The number of hydrogen-bond donors (Lipinski definition) is 0. The smallest absolute Gasteiger partial charge is 0.151 e. The Morgan fingerprint density at radius 1 is 1.80 bits per heavy atom. The minimum Gasteiger partial charge on any atom is -0.270 e. The SMILES string of the molecule is N#CCCn1ccc(Cl)n1. The summed E-state index contributed by atoms with van der Waals surface area (Å²) >= 11 is 5.52. The molecule has 0 atom stereocenters. The molecule has 1 aromatic rings. The second-order valence-electron chi connectivity index (χ2n) is 1.81. The first-order valence-corrected chi connectivity index (χ1v) is 3.26. The Bertz CT molecular complexity index is 248. The number of aromatic nitrogens is 2. The van der Waals surface area contributed by atoms with Crippen LogP contribution in [0.3, 0.4) is 0 Å². The maximum atomic E-state index is 8.21. The molecule has 4 heteroatoms. The predicted octanol–water partition coefficient (Wildman–Crippen LogP) is 1.45. The quantitative estimate of drug-likeness (QED) is 0.649. The Labute approximate surface area is 63.8 Å². The molecule has 0 aromatic carbocycles. The highest BCUT2D eigenvalue weighted by atomic mass is 35.5. The normalized spacial score (nSPS) is 9.20. The summed E-state index contributed by atoms with van der Waals surface area (Å²) in [4.78, 5) is 0. The van der Waals surface area contributed by atoms with Crippen LogP contribution < -0.4 is 0 Å². The summed E-state index contributed by atoms with van der Waals surface area (Å²) in [7, 11) is 0. The molecule has 0 N–H and O–H groups in total. The van der Waals surface area contributed by atoms with Gasteiger partial charge in [-0.25, -0.2) is 0 Å². The van der Waals surface area contributed by atoms with E-state index in [2.05, 4.69) is 5.10 Å². The number of halogens is 1. The van der Waals surface area contributed by atoms with Crippen LogP contribution in [0.4, 0.5) is 0 Å². The van der Waals surface area contributed by atoms with E-state index in [4.69, 9.17) is 16.9 Å². The van der Waals surface area contributed by atoms with Gasteiger partial charge in [0.2, 0.25) is 0 Å². The van der Waals surface area contributed by atoms with Crippen molar-refractivity contribution in [3.8, 4) is 6.07 Å². The Morgan fingerprint density at radius 3 is 3.10 bits per heavy atom. The first-order valence-electron chi connectivity index (χ1n) is 2.89. The molecule has 0 unspecified atom stereocenters. The van der Waals surface area contributed by atoms with E-state index in [0.717, 1.165) is 0 Å². The van der Waals surface area contributed by atoms with Gasteiger partial charge in [0.1, 0.15) is 0 Å². The fourth-order valence-corrected chi connectivity index (χ4v) is 0.779. The average Bonchev–Trinajstić information content (AvgIpc) is 2.31. The van der Waals surface area contributed by atoms with Gasteiger partial charge in [-0.05, 0) is 6.07 Å². The summed E-state index contributed by atoms with van der Waals surface area (Å²) in [5.41, 5.74) is 0. The van der Waals surface area contributed by atoms with Crippen molar-refractivity contribution in [2.75, 3.05) is 0 Å². The van der Waals surface area contributed by atoms with Gasteiger partial charge in [-0.15, -0.1) is 0 Å². The molecule has 0 fully saturated rings. The minimum absolute atomic E-state index is 0.470. The number of nitriles is 1. The maximum Gasteiger partial charge on any atom is 0.151 e. The van der Waals surface area contributed by atoms with Crippen LogP contribution in [-0.4, -0.2) is 9.78 Å². The second kappa shape index (κ2) is 3.23. The largest absolute Gasteiger partial charge is 0.270 e. The molecule has 0 radical (unpaired) electrons. The third-order valence-corrected chi connectivity index (χ3v) is 1.26. The lowest BCUT2D eigenvalue weighted by Crippen LogP contribution is -1.96. The van der Waals surface area contributed by atoms with Gasteiger partial charge in [0.15, 0.2) is 5.15 Å². The van der Waals surface area contributed by atoms with Crippen molar-refractivity contribution in [2.24, 2.45) is 0 Å². The third-order valence-electron chi connectivity index (χ3n) is 1.06. The second-order valence-corrected chi connectivity index (χ2v) is 2.20. The van der Waals surface area contributed by atoms with Gasteiger partial charge < -0.3 is 0 Å². The van der Waals surface area contributed by atoms with E-state index in [1.165, 1.54) is 0 Å². The predicted molar refractivity (Wildman–Crippen MR) is 37.5 cm³/mol. The molecule has 0 aliphatic heterocycles. The zero-order valence-corrected chi connectivity index (χ0v) is 6.04. The van der Waals surface area contributed by atoms with E-state index in [1.54, 1.807) is 16.9 Å². The van der Waals surface area contributed by atoms with Gasteiger partial charge in [-0.1, -0.05) is 11.6 Å². The van der Waals surface area contributed by atoms with Crippen LogP contribution >= 0.6 is 11.6 Å². The molecule has 0 bridgehead atoms. The highest BCUT2D eigenvalue weighted by Gasteiger charge is 1.92. The highest BCUT2D eigenvalue weighted by molar-refractivity contribution is 6.29. The number of hydrogen-bond acceptors (Lipinski definition) is 2. The first kappa shape index (κ1) is 7.10. The van der Waals surface area contributed by atoms with E-state index in [-0.39, 0.29) is 0 Å². The van der Waals surface area contributed by atoms with Crippen molar-refractivity contribution in [2.45, 2.75) is 13.0 Å². The molecule has 3 nitrogen and oxygen atoms in total. The Hall–Kier alpha value is -1.01. The summed E-state index contributed by atoms with van der Waals surface area (Å²) in [5.74, 6) is 0. The van der Waals surface area contributed by atoms with E-state index < -0.39 is 0 Å². The van der Waals surface area contributed by atoms with Crippen LogP contribution in [0.5, 0.6) is 0 Å². The van der Waals surface area contributed by atoms with Crippen molar-refractivity contribution >= 4 is 11.6 Å². The van der Waals surface area contributed by atoms with Crippen LogP contribution in [0.25, 0.3) is 0 Å². The zero-order valence-electron chi connectivity index (χ0n) is 5.29. The van der Waals surface area contributed by atoms with E-state index in [9.17, 15) is 0 Å². The van der Waals surface area contributed by atoms with Gasteiger partial charge in [0.05, 0.1) is 19.0 Å². The minimum atomic E-state index is 0.470. The van der Waals surface area contributed by atoms with E-state index in [0.29, 0.717) is 18.1 Å². The van der Waals surface area contributed by atoms with E-state index >= 15 is 0 Å². The lowest BCUT2D eigenvalue weighted by atomic mass is 10.5. The van der Waals surface area contributed by atoms with Crippen LogP contribution in [0, 0.1) is 11.3 Å². The third kappa shape index (κ3) is 1.74. The molecular formula is C6H6ClN3. The standard InChI is InChI=1S/C6H6ClN3/c7-6-2-5-10(9-6)4-1-3-8/h2,5H,1,4H2. The van der Waals surface area contributed by atoms with Crippen molar-refractivity contribution < 1.29 is 0 Å². The topological polar surface area (TPSA) is 41.6 Å². The Balaban J connectivity index is 2.52. The summed E-state index contributed by atoms with van der Waals surface area (Å²) < 4.78 is 1.64. The molecule has 1 heterocycles.